The molecule has 0 atom stereocenters. The van der Waals surface area contributed by atoms with Crippen LogP contribution in [0.2, 0.25) is 5.02 Å². The van der Waals surface area contributed by atoms with Gasteiger partial charge in [-0.15, -0.1) is 0 Å². The maximum atomic E-state index is 10.4. The van der Waals surface area contributed by atoms with Crippen LogP contribution >= 0.6 is 11.6 Å². The van der Waals surface area contributed by atoms with Gasteiger partial charge in [0.25, 0.3) is 0 Å². The Balaban J connectivity index is 2.31. The van der Waals surface area contributed by atoms with E-state index in [2.05, 4.69) is 0 Å². The zero-order chi connectivity index (χ0) is 11.4. The molecule has 0 N–H and O–H groups in total. The summed E-state index contributed by atoms with van der Waals surface area (Å²) in [6, 6.07) is 15.7. The van der Waals surface area contributed by atoms with Crippen LogP contribution in [0.15, 0.2) is 48.5 Å². The van der Waals surface area contributed by atoms with Crippen LogP contribution in [-0.4, -0.2) is 6.29 Å². The Kier molecular flexibility index (Phi) is 3.37. The molecule has 2 rings (SSSR count). The first-order valence-corrected chi connectivity index (χ1v) is 5.46. The third kappa shape index (κ3) is 2.50. The number of benzene rings is 2. The second-order valence-corrected chi connectivity index (χ2v) is 4.01. The van der Waals surface area contributed by atoms with Crippen LogP contribution in [0.1, 0.15) is 5.56 Å². The van der Waals surface area contributed by atoms with Crippen molar-refractivity contribution < 1.29 is 4.79 Å². The fourth-order valence-electron chi connectivity index (χ4n) is 1.60. The van der Waals surface area contributed by atoms with E-state index < -0.39 is 0 Å². The van der Waals surface area contributed by atoms with Crippen molar-refractivity contribution in [3.8, 4) is 11.1 Å². The van der Waals surface area contributed by atoms with Crippen LogP contribution in [0.5, 0.6) is 0 Å². The van der Waals surface area contributed by atoms with Crippen molar-refractivity contribution in [2.75, 3.05) is 0 Å². The summed E-state index contributed by atoms with van der Waals surface area (Å²) in [4.78, 5) is 10.4. The summed E-state index contributed by atoms with van der Waals surface area (Å²) in [5, 5.41) is 0.731. The first kappa shape index (κ1) is 10.9. The maximum absolute atomic E-state index is 10.4. The number of hydrogen-bond donors (Lipinski definition) is 0. The highest BCUT2D eigenvalue weighted by atomic mass is 35.5. The largest absolute Gasteiger partial charge is 0.303 e. The van der Waals surface area contributed by atoms with Crippen molar-refractivity contribution in [2.24, 2.45) is 0 Å². The molecular formula is C14H11ClO. The fourth-order valence-corrected chi connectivity index (χ4v) is 1.79. The van der Waals surface area contributed by atoms with Crippen LogP contribution in [-0.2, 0) is 11.2 Å². The van der Waals surface area contributed by atoms with Crippen molar-refractivity contribution in [1.29, 1.82) is 0 Å². The van der Waals surface area contributed by atoms with E-state index in [4.69, 9.17) is 11.6 Å². The minimum absolute atomic E-state index is 0.468. The summed E-state index contributed by atoms with van der Waals surface area (Å²) in [5.41, 5.74) is 3.23. The summed E-state index contributed by atoms with van der Waals surface area (Å²) >= 11 is 5.93. The highest BCUT2D eigenvalue weighted by Gasteiger charge is 1.98. The van der Waals surface area contributed by atoms with Gasteiger partial charge in [-0.1, -0.05) is 48.0 Å². The SMILES string of the molecule is O=CCc1ccc(-c2cccc(Cl)c2)cc1. The van der Waals surface area contributed by atoms with Crippen molar-refractivity contribution in [3.05, 3.63) is 59.1 Å². The molecule has 0 spiro atoms. The highest BCUT2D eigenvalue weighted by molar-refractivity contribution is 6.30. The Bertz CT molecular complexity index is 488. The molecule has 1 nitrogen and oxygen atoms in total. The molecule has 0 amide bonds. The quantitative estimate of drug-likeness (QED) is 0.734. The van der Waals surface area contributed by atoms with Crippen LogP contribution < -0.4 is 0 Å². The average molecular weight is 231 g/mol. The normalized spacial score (nSPS) is 10.1. The maximum Gasteiger partial charge on any atom is 0.124 e. The molecule has 0 radical (unpaired) electrons. The van der Waals surface area contributed by atoms with Gasteiger partial charge < -0.3 is 4.79 Å². The predicted molar refractivity (Wildman–Crippen MR) is 66.7 cm³/mol. The third-order valence-corrected chi connectivity index (χ3v) is 2.67. The molecule has 0 aliphatic heterocycles. The van der Waals surface area contributed by atoms with Gasteiger partial charge in [0, 0.05) is 11.4 Å². The minimum Gasteiger partial charge on any atom is -0.303 e. The van der Waals surface area contributed by atoms with E-state index in [0.29, 0.717) is 6.42 Å². The standard InChI is InChI=1S/C14H11ClO/c15-14-3-1-2-13(10-14)12-6-4-11(5-7-12)8-9-16/h1-7,9-10H,8H2. The average Bonchev–Trinajstić information content (AvgIpc) is 2.30. The molecule has 0 saturated heterocycles. The number of aldehydes is 1. The van der Waals surface area contributed by atoms with Gasteiger partial charge in [0.05, 0.1) is 0 Å². The molecule has 0 saturated carbocycles. The van der Waals surface area contributed by atoms with E-state index in [-0.39, 0.29) is 0 Å². The molecule has 0 bridgehead atoms. The molecule has 0 heterocycles. The lowest BCUT2D eigenvalue weighted by Crippen LogP contribution is -1.85. The topological polar surface area (TPSA) is 17.1 Å². The second kappa shape index (κ2) is 4.95. The lowest BCUT2D eigenvalue weighted by molar-refractivity contribution is -0.107. The predicted octanol–water partition coefficient (Wildman–Crippen LogP) is 3.75. The van der Waals surface area contributed by atoms with E-state index in [1.807, 2.05) is 48.5 Å². The Morgan fingerprint density at radius 2 is 1.75 bits per heavy atom. The van der Waals surface area contributed by atoms with E-state index in [0.717, 1.165) is 28.0 Å². The number of hydrogen-bond acceptors (Lipinski definition) is 1. The molecule has 0 aliphatic rings. The summed E-state index contributed by atoms with van der Waals surface area (Å²) < 4.78 is 0. The third-order valence-electron chi connectivity index (χ3n) is 2.43. The number of carbonyl (C=O) groups excluding carboxylic acids is 1. The van der Waals surface area contributed by atoms with Crippen molar-refractivity contribution in [2.45, 2.75) is 6.42 Å². The van der Waals surface area contributed by atoms with Crippen LogP contribution in [0, 0.1) is 0 Å². The smallest absolute Gasteiger partial charge is 0.124 e. The van der Waals surface area contributed by atoms with Crippen LogP contribution in [0.4, 0.5) is 0 Å². The fraction of sp³-hybridized carbons (Fsp3) is 0.0714. The van der Waals surface area contributed by atoms with Crippen molar-refractivity contribution in [3.63, 3.8) is 0 Å². The van der Waals surface area contributed by atoms with Gasteiger partial charge >= 0.3 is 0 Å². The molecule has 0 aliphatic carbocycles. The lowest BCUT2D eigenvalue weighted by Gasteiger charge is -2.03. The zero-order valence-corrected chi connectivity index (χ0v) is 9.45. The second-order valence-electron chi connectivity index (χ2n) is 3.58. The van der Waals surface area contributed by atoms with Gasteiger partial charge in [0.1, 0.15) is 6.29 Å². The lowest BCUT2D eigenvalue weighted by atomic mass is 10.0. The molecular weight excluding hydrogens is 220 g/mol. The van der Waals surface area contributed by atoms with E-state index in [1.165, 1.54) is 0 Å². The van der Waals surface area contributed by atoms with Gasteiger partial charge in [-0.2, -0.15) is 0 Å². The minimum atomic E-state index is 0.468. The first-order chi connectivity index (χ1) is 7.79. The molecule has 0 fully saturated rings. The Hall–Kier alpha value is -1.60. The van der Waals surface area contributed by atoms with E-state index in [1.54, 1.807) is 0 Å². The summed E-state index contributed by atoms with van der Waals surface area (Å²) in [6.07, 6.45) is 1.38. The van der Waals surface area contributed by atoms with Gasteiger partial charge in [-0.3, -0.25) is 0 Å². The monoisotopic (exact) mass is 230 g/mol. The number of carbonyl (C=O) groups is 1. The molecule has 0 aromatic heterocycles. The molecule has 0 unspecified atom stereocenters. The Morgan fingerprint density at radius 3 is 2.38 bits per heavy atom. The number of rotatable bonds is 3. The van der Waals surface area contributed by atoms with Crippen LogP contribution in [0.25, 0.3) is 11.1 Å². The van der Waals surface area contributed by atoms with E-state index in [9.17, 15) is 4.79 Å². The highest BCUT2D eigenvalue weighted by Crippen LogP contribution is 2.22. The first-order valence-electron chi connectivity index (χ1n) is 5.08. The zero-order valence-electron chi connectivity index (χ0n) is 8.69. The van der Waals surface area contributed by atoms with Gasteiger partial charge in [-0.25, -0.2) is 0 Å². The Labute approximate surface area is 99.7 Å². The van der Waals surface area contributed by atoms with Crippen molar-refractivity contribution >= 4 is 17.9 Å². The van der Waals surface area contributed by atoms with Gasteiger partial charge in [-0.05, 0) is 28.8 Å². The molecule has 2 aromatic rings. The Morgan fingerprint density at radius 1 is 1.00 bits per heavy atom. The van der Waals surface area contributed by atoms with Crippen LogP contribution in [0.3, 0.4) is 0 Å². The summed E-state index contributed by atoms with van der Waals surface area (Å²) in [5.74, 6) is 0. The molecule has 16 heavy (non-hydrogen) atoms. The van der Waals surface area contributed by atoms with E-state index >= 15 is 0 Å². The summed E-state index contributed by atoms with van der Waals surface area (Å²) in [7, 11) is 0. The van der Waals surface area contributed by atoms with Crippen molar-refractivity contribution in [1.82, 2.24) is 0 Å². The van der Waals surface area contributed by atoms with Gasteiger partial charge in [0.2, 0.25) is 0 Å². The number of halogens is 1. The molecule has 2 heteroatoms. The van der Waals surface area contributed by atoms with Gasteiger partial charge in [0.15, 0.2) is 0 Å². The summed E-state index contributed by atoms with van der Waals surface area (Å²) in [6.45, 7) is 0. The molecule has 80 valence electrons. The molecule has 2 aromatic carbocycles.